The summed E-state index contributed by atoms with van der Waals surface area (Å²) in [6, 6.07) is 5.44. The van der Waals surface area contributed by atoms with Gasteiger partial charge < -0.3 is 10.2 Å². The van der Waals surface area contributed by atoms with Crippen LogP contribution in [0.1, 0.15) is 29.6 Å². The van der Waals surface area contributed by atoms with E-state index in [0.29, 0.717) is 11.5 Å². The molecule has 22 heavy (non-hydrogen) atoms. The van der Waals surface area contributed by atoms with Crippen LogP contribution in [0.5, 0.6) is 0 Å². The van der Waals surface area contributed by atoms with E-state index in [-0.39, 0.29) is 42.8 Å². The molecule has 1 fully saturated rings. The van der Waals surface area contributed by atoms with Gasteiger partial charge in [0.15, 0.2) is 5.78 Å². The highest BCUT2D eigenvalue weighted by atomic mass is 35.5. The van der Waals surface area contributed by atoms with Gasteiger partial charge in [0, 0.05) is 31.5 Å². The van der Waals surface area contributed by atoms with Crippen LogP contribution in [-0.4, -0.2) is 43.3 Å². The fourth-order valence-corrected chi connectivity index (χ4v) is 2.67. The third-order valence-corrected chi connectivity index (χ3v) is 3.86. The number of amides is 1. The molecule has 4 nitrogen and oxygen atoms in total. The summed E-state index contributed by atoms with van der Waals surface area (Å²) in [5, 5.41) is 3.12. The van der Waals surface area contributed by atoms with Gasteiger partial charge in [0.25, 0.3) is 0 Å². The molecule has 0 bridgehead atoms. The number of ketones is 1. The van der Waals surface area contributed by atoms with Gasteiger partial charge in [-0.15, -0.1) is 12.4 Å². The molecule has 0 aliphatic carbocycles. The lowest BCUT2D eigenvalue weighted by Crippen LogP contribution is -2.30. The number of halogens is 2. The van der Waals surface area contributed by atoms with Gasteiger partial charge in [-0.3, -0.25) is 9.59 Å². The second-order valence-electron chi connectivity index (χ2n) is 5.48. The van der Waals surface area contributed by atoms with Gasteiger partial charge in [0.2, 0.25) is 5.91 Å². The molecule has 0 radical (unpaired) electrons. The smallest absolute Gasteiger partial charge is 0.223 e. The highest BCUT2D eigenvalue weighted by Gasteiger charge is 2.25. The number of rotatable bonds is 6. The van der Waals surface area contributed by atoms with E-state index in [1.54, 1.807) is 0 Å². The summed E-state index contributed by atoms with van der Waals surface area (Å²) in [4.78, 5) is 25.9. The molecule has 1 saturated heterocycles. The summed E-state index contributed by atoms with van der Waals surface area (Å²) < 4.78 is 12.8. The Kier molecular flexibility index (Phi) is 7.48. The Morgan fingerprint density at radius 1 is 1.27 bits per heavy atom. The summed E-state index contributed by atoms with van der Waals surface area (Å²) in [5.41, 5.74) is 0.457. The summed E-state index contributed by atoms with van der Waals surface area (Å²) in [7, 11) is 1.91. The van der Waals surface area contributed by atoms with E-state index in [9.17, 15) is 14.0 Å². The van der Waals surface area contributed by atoms with Crippen LogP contribution in [0.25, 0.3) is 0 Å². The van der Waals surface area contributed by atoms with E-state index < -0.39 is 0 Å². The Hall–Kier alpha value is -1.46. The number of nitrogens with zero attached hydrogens (tertiary/aromatic N) is 1. The number of likely N-dealkylation sites (tertiary alicyclic amines) is 1. The molecule has 1 N–H and O–H groups in total. The maximum Gasteiger partial charge on any atom is 0.223 e. The molecule has 0 saturated carbocycles. The van der Waals surface area contributed by atoms with Gasteiger partial charge in [-0.05, 0) is 50.2 Å². The molecule has 0 spiro atoms. The van der Waals surface area contributed by atoms with Crippen molar-refractivity contribution >= 4 is 24.1 Å². The minimum absolute atomic E-state index is 0. The number of nitrogens with one attached hydrogen (secondary N) is 1. The summed E-state index contributed by atoms with van der Waals surface area (Å²) in [6.45, 7) is 2.46. The van der Waals surface area contributed by atoms with Crippen molar-refractivity contribution in [2.75, 3.05) is 26.7 Å². The molecule has 2 rings (SSSR count). The average Bonchev–Trinajstić information content (AvgIpc) is 2.94. The maximum absolute atomic E-state index is 12.8. The van der Waals surface area contributed by atoms with Crippen LogP contribution in [-0.2, 0) is 4.79 Å². The van der Waals surface area contributed by atoms with Crippen LogP contribution >= 0.6 is 12.4 Å². The number of carbonyl (C=O) groups excluding carboxylic acids is 2. The van der Waals surface area contributed by atoms with Crippen LogP contribution in [0.15, 0.2) is 24.3 Å². The van der Waals surface area contributed by atoms with Crippen molar-refractivity contribution in [2.24, 2.45) is 5.92 Å². The normalized spacial score (nSPS) is 17.2. The van der Waals surface area contributed by atoms with E-state index >= 15 is 0 Å². The van der Waals surface area contributed by atoms with Gasteiger partial charge in [0.1, 0.15) is 5.82 Å². The number of Topliss-reactive ketones (excluding diaryl/α,β-unsaturated/α-hetero) is 1. The second kappa shape index (κ2) is 8.86. The molecular formula is C16H22ClFN2O2. The first-order valence-electron chi connectivity index (χ1n) is 7.31. The Labute approximate surface area is 136 Å². The largest absolute Gasteiger partial charge is 0.342 e. The molecule has 0 aromatic heterocycles. The fourth-order valence-electron chi connectivity index (χ4n) is 2.67. The van der Waals surface area contributed by atoms with Crippen molar-refractivity contribution in [3.05, 3.63) is 35.6 Å². The lowest BCUT2D eigenvalue weighted by molar-refractivity contribution is -0.130. The van der Waals surface area contributed by atoms with Crippen LogP contribution < -0.4 is 5.32 Å². The monoisotopic (exact) mass is 328 g/mol. The van der Waals surface area contributed by atoms with Crippen molar-refractivity contribution in [1.82, 2.24) is 10.2 Å². The van der Waals surface area contributed by atoms with E-state index in [4.69, 9.17) is 0 Å². The van der Waals surface area contributed by atoms with E-state index in [1.807, 2.05) is 11.9 Å². The SMILES string of the molecule is CNCC1CCN(C(=O)CCC(=O)c2ccc(F)cc2)C1.Cl. The summed E-state index contributed by atoms with van der Waals surface area (Å²) >= 11 is 0. The topological polar surface area (TPSA) is 49.4 Å². The summed E-state index contributed by atoms with van der Waals surface area (Å²) in [6.07, 6.45) is 1.42. The lowest BCUT2D eigenvalue weighted by atomic mass is 10.1. The van der Waals surface area contributed by atoms with Gasteiger partial charge in [-0.25, -0.2) is 4.39 Å². The minimum atomic E-state index is -0.365. The average molecular weight is 329 g/mol. The van der Waals surface area contributed by atoms with Gasteiger partial charge in [-0.2, -0.15) is 0 Å². The molecule has 1 aliphatic rings. The number of benzene rings is 1. The lowest BCUT2D eigenvalue weighted by Gasteiger charge is -2.16. The molecule has 1 amide bonds. The number of hydrogen-bond donors (Lipinski definition) is 1. The highest BCUT2D eigenvalue weighted by Crippen LogP contribution is 2.17. The Balaban J connectivity index is 0.00000242. The molecule has 1 heterocycles. The van der Waals surface area contributed by atoms with E-state index in [2.05, 4.69) is 5.32 Å². The summed E-state index contributed by atoms with van der Waals surface area (Å²) in [5.74, 6) is 0.0559. The number of carbonyl (C=O) groups is 2. The predicted molar refractivity (Wildman–Crippen MR) is 85.8 cm³/mol. The maximum atomic E-state index is 12.8. The molecule has 1 aromatic carbocycles. The first-order chi connectivity index (χ1) is 10.1. The molecule has 6 heteroatoms. The second-order valence-corrected chi connectivity index (χ2v) is 5.48. The Morgan fingerprint density at radius 2 is 1.95 bits per heavy atom. The third-order valence-electron chi connectivity index (χ3n) is 3.86. The van der Waals surface area contributed by atoms with E-state index in [0.717, 1.165) is 26.1 Å². The molecule has 1 atom stereocenters. The Morgan fingerprint density at radius 3 is 2.59 bits per heavy atom. The molecule has 1 aromatic rings. The zero-order valence-corrected chi connectivity index (χ0v) is 13.5. The van der Waals surface area contributed by atoms with Gasteiger partial charge in [-0.1, -0.05) is 0 Å². The van der Waals surface area contributed by atoms with Crippen molar-refractivity contribution in [1.29, 1.82) is 0 Å². The van der Waals surface area contributed by atoms with Crippen LogP contribution in [0.4, 0.5) is 4.39 Å². The molecule has 1 unspecified atom stereocenters. The fraction of sp³-hybridized carbons (Fsp3) is 0.500. The molecule has 1 aliphatic heterocycles. The third kappa shape index (κ3) is 5.07. The minimum Gasteiger partial charge on any atom is -0.342 e. The van der Waals surface area contributed by atoms with Crippen LogP contribution in [0.3, 0.4) is 0 Å². The molecule has 122 valence electrons. The van der Waals surface area contributed by atoms with E-state index in [1.165, 1.54) is 24.3 Å². The molecular weight excluding hydrogens is 307 g/mol. The van der Waals surface area contributed by atoms with Crippen LogP contribution in [0.2, 0.25) is 0 Å². The zero-order valence-electron chi connectivity index (χ0n) is 12.7. The number of hydrogen-bond acceptors (Lipinski definition) is 3. The Bertz CT molecular complexity index is 507. The quantitative estimate of drug-likeness (QED) is 0.815. The zero-order chi connectivity index (χ0) is 15.2. The first-order valence-corrected chi connectivity index (χ1v) is 7.31. The first kappa shape index (κ1) is 18.6. The van der Waals surface area contributed by atoms with Crippen LogP contribution in [0, 0.1) is 11.7 Å². The van der Waals surface area contributed by atoms with Crippen molar-refractivity contribution in [3.8, 4) is 0 Å². The standard InChI is InChI=1S/C16H21FN2O2.ClH/c1-18-10-12-8-9-19(11-12)16(21)7-6-15(20)13-2-4-14(17)5-3-13;/h2-5,12,18H,6-11H2,1H3;1H. The van der Waals surface area contributed by atoms with Gasteiger partial charge in [0.05, 0.1) is 0 Å². The van der Waals surface area contributed by atoms with Crippen molar-refractivity contribution in [3.63, 3.8) is 0 Å². The highest BCUT2D eigenvalue weighted by molar-refractivity contribution is 5.97. The van der Waals surface area contributed by atoms with Crippen molar-refractivity contribution in [2.45, 2.75) is 19.3 Å². The predicted octanol–water partition coefficient (Wildman–Crippen LogP) is 2.28. The van der Waals surface area contributed by atoms with Crippen molar-refractivity contribution < 1.29 is 14.0 Å². The van der Waals surface area contributed by atoms with Gasteiger partial charge >= 0.3 is 0 Å².